The molecule has 1 atom stereocenters. The second-order valence-electron chi connectivity index (χ2n) is 16.8. The number of hydrogen-bond acceptors (Lipinski definition) is 6. The van der Waals surface area contributed by atoms with Gasteiger partial charge in [-0.2, -0.15) is 0 Å². The van der Waals surface area contributed by atoms with E-state index in [-0.39, 0.29) is 37.5 Å². The van der Waals surface area contributed by atoms with Crippen LogP contribution in [-0.4, -0.2) is 37.2 Å². The van der Waals surface area contributed by atoms with Crippen LogP contribution >= 0.6 is 0 Å². The van der Waals surface area contributed by atoms with Crippen molar-refractivity contribution in [2.45, 2.75) is 213 Å². The van der Waals surface area contributed by atoms with Crippen LogP contribution in [0.1, 0.15) is 207 Å². The first-order valence-electron chi connectivity index (χ1n) is 26.3. The highest BCUT2D eigenvalue weighted by Crippen LogP contribution is 2.13. The van der Waals surface area contributed by atoms with Gasteiger partial charge in [-0.15, -0.1) is 0 Å². The molecule has 0 bridgehead atoms. The molecule has 0 aliphatic heterocycles. The van der Waals surface area contributed by atoms with Gasteiger partial charge in [0, 0.05) is 19.3 Å². The molecule has 6 heteroatoms. The van der Waals surface area contributed by atoms with Gasteiger partial charge >= 0.3 is 17.9 Å². The lowest BCUT2D eigenvalue weighted by atomic mass is 10.1. The molecular weight excluding hydrogens is 817 g/mol. The minimum atomic E-state index is -0.814. The molecule has 1 unspecified atom stereocenters. The van der Waals surface area contributed by atoms with Gasteiger partial charge in [-0.1, -0.05) is 219 Å². The molecule has 0 rings (SSSR count). The van der Waals surface area contributed by atoms with E-state index in [0.717, 1.165) is 128 Å². The Bertz CT molecular complexity index is 1460. The van der Waals surface area contributed by atoms with Gasteiger partial charge < -0.3 is 14.2 Å². The van der Waals surface area contributed by atoms with Crippen molar-refractivity contribution >= 4 is 17.9 Å². The maximum absolute atomic E-state index is 12.8. The highest BCUT2D eigenvalue weighted by atomic mass is 16.6. The predicted octanol–water partition coefficient (Wildman–Crippen LogP) is 17.5. The Morgan fingerprint density at radius 3 is 1.08 bits per heavy atom. The van der Waals surface area contributed by atoms with Gasteiger partial charge in [0.25, 0.3) is 0 Å². The van der Waals surface area contributed by atoms with Crippen LogP contribution in [0.4, 0.5) is 0 Å². The maximum Gasteiger partial charge on any atom is 0.306 e. The van der Waals surface area contributed by atoms with Crippen LogP contribution in [0.25, 0.3) is 0 Å². The summed E-state index contributed by atoms with van der Waals surface area (Å²) in [6, 6.07) is 0. The zero-order valence-electron chi connectivity index (χ0n) is 42.1. The third-order valence-corrected chi connectivity index (χ3v) is 10.5. The van der Waals surface area contributed by atoms with Crippen molar-refractivity contribution in [1.82, 2.24) is 0 Å². The molecular formula is C60H94O6. The van der Waals surface area contributed by atoms with Gasteiger partial charge in [-0.3, -0.25) is 14.4 Å². The molecule has 0 aromatic rings. The Labute approximate surface area is 405 Å². The van der Waals surface area contributed by atoms with Crippen molar-refractivity contribution in [1.29, 1.82) is 0 Å². The van der Waals surface area contributed by atoms with E-state index in [1.54, 1.807) is 0 Å². The number of rotatable bonds is 45. The average molecular weight is 911 g/mol. The Kier molecular flexibility index (Phi) is 49.6. The normalized spacial score (nSPS) is 13.2. The highest BCUT2D eigenvalue weighted by Gasteiger charge is 2.19. The first kappa shape index (κ1) is 61.5. The smallest absolute Gasteiger partial charge is 0.306 e. The van der Waals surface area contributed by atoms with Gasteiger partial charge in [-0.25, -0.2) is 0 Å². The highest BCUT2D eigenvalue weighted by molar-refractivity contribution is 5.71. The summed E-state index contributed by atoms with van der Waals surface area (Å²) >= 11 is 0. The van der Waals surface area contributed by atoms with E-state index in [0.29, 0.717) is 19.3 Å². The zero-order chi connectivity index (χ0) is 47.9. The quantitative estimate of drug-likeness (QED) is 0.0199. The van der Waals surface area contributed by atoms with E-state index in [1.807, 2.05) is 36.5 Å². The van der Waals surface area contributed by atoms with Crippen molar-refractivity contribution in [2.24, 2.45) is 0 Å². The fourth-order valence-electron chi connectivity index (χ4n) is 6.62. The van der Waals surface area contributed by atoms with Gasteiger partial charge in [-0.05, 0) is 103 Å². The van der Waals surface area contributed by atoms with Crippen LogP contribution in [0.5, 0.6) is 0 Å². The Morgan fingerprint density at radius 1 is 0.333 bits per heavy atom. The Morgan fingerprint density at radius 2 is 0.652 bits per heavy atom. The Hall–Kier alpha value is -4.45. The molecule has 0 aliphatic carbocycles. The standard InChI is InChI=1S/C60H94O6/c1-4-7-10-13-16-19-22-25-28-30-31-33-35-38-41-44-47-50-53-59(62)65-56-57(55-64-58(61)52-49-46-43-40-37-34-27-24-21-18-15-12-9-6-3)66-60(63)54-51-48-45-42-39-36-32-29-26-23-20-17-14-11-8-5-2/h8-13,16-22,25-26,28-31,33,36,39,57H,4-7,14-15,23-24,27,32,34-35,37-38,40-56H2,1-3H3/b11-8-,12-9-,13-10-,19-16-,20-17-,21-18-,25-22-,29-26-,30-28-,33-31-,39-36-. The number of ether oxygens (including phenoxy) is 3. The van der Waals surface area contributed by atoms with E-state index < -0.39 is 6.10 Å². The molecule has 66 heavy (non-hydrogen) atoms. The van der Waals surface area contributed by atoms with E-state index in [9.17, 15) is 14.4 Å². The van der Waals surface area contributed by atoms with Gasteiger partial charge in [0.1, 0.15) is 13.2 Å². The number of carbonyl (C=O) groups is 3. The summed E-state index contributed by atoms with van der Waals surface area (Å²) in [7, 11) is 0. The van der Waals surface area contributed by atoms with Crippen LogP contribution in [0.2, 0.25) is 0 Å². The summed E-state index contributed by atoms with van der Waals surface area (Å²) in [5.41, 5.74) is 0. The minimum Gasteiger partial charge on any atom is -0.462 e. The van der Waals surface area contributed by atoms with E-state index >= 15 is 0 Å². The fraction of sp³-hybridized carbons (Fsp3) is 0.583. The third-order valence-electron chi connectivity index (χ3n) is 10.5. The lowest BCUT2D eigenvalue weighted by Crippen LogP contribution is -2.30. The molecule has 0 radical (unpaired) electrons. The molecule has 0 N–H and O–H groups in total. The number of hydrogen-bond donors (Lipinski definition) is 0. The van der Waals surface area contributed by atoms with Gasteiger partial charge in [0.2, 0.25) is 0 Å². The monoisotopic (exact) mass is 911 g/mol. The molecule has 370 valence electrons. The van der Waals surface area contributed by atoms with Crippen molar-refractivity contribution in [3.63, 3.8) is 0 Å². The molecule has 0 spiro atoms. The summed E-state index contributed by atoms with van der Waals surface area (Å²) in [5, 5.41) is 0. The second kappa shape index (κ2) is 53.2. The lowest BCUT2D eigenvalue weighted by Gasteiger charge is -2.18. The van der Waals surface area contributed by atoms with E-state index in [2.05, 4.69) is 118 Å². The molecule has 0 aromatic heterocycles. The molecule has 0 aliphatic rings. The maximum atomic E-state index is 12.8. The van der Waals surface area contributed by atoms with Crippen LogP contribution in [-0.2, 0) is 28.6 Å². The zero-order valence-corrected chi connectivity index (χ0v) is 42.1. The summed E-state index contributed by atoms with van der Waals surface area (Å²) in [4.78, 5) is 38.0. The number of unbranched alkanes of at least 4 members (excludes halogenated alkanes) is 16. The molecule has 0 aromatic carbocycles. The molecule has 6 nitrogen and oxygen atoms in total. The predicted molar refractivity (Wildman–Crippen MR) is 283 cm³/mol. The van der Waals surface area contributed by atoms with E-state index in [1.165, 1.54) is 32.1 Å². The van der Waals surface area contributed by atoms with Crippen LogP contribution < -0.4 is 0 Å². The minimum absolute atomic E-state index is 0.109. The lowest BCUT2D eigenvalue weighted by molar-refractivity contribution is -0.167. The van der Waals surface area contributed by atoms with Gasteiger partial charge in [0.05, 0.1) is 0 Å². The molecule has 0 fully saturated rings. The molecule has 0 heterocycles. The number of carbonyl (C=O) groups excluding carboxylic acids is 3. The fourth-order valence-corrected chi connectivity index (χ4v) is 6.62. The summed E-state index contributed by atoms with van der Waals surface area (Å²) < 4.78 is 16.8. The largest absolute Gasteiger partial charge is 0.462 e. The Balaban J connectivity index is 4.54. The molecule has 0 amide bonds. The summed E-state index contributed by atoms with van der Waals surface area (Å²) in [6.45, 7) is 6.26. The van der Waals surface area contributed by atoms with Crippen LogP contribution in [0, 0.1) is 0 Å². The van der Waals surface area contributed by atoms with Crippen molar-refractivity contribution in [3.8, 4) is 0 Å². The first-order chi connectivity index (χ1) is 32.5. The number of allylic oxidation sites excluding steroid dienone is 22. The van der Waals surface area contributed by atoms with Crippen LogP contribution in [0.3, 0.4) is 0 Å². The number of esters is 3. The van der Waals surface area contributed by atoms with Gasteiger partial charge in [0.15, 0.2) is 6.10 Å². The van der Waals surface area contributed by atoms with E-state index in [4.69, 9.17) is 14.2 Å². The first-order valence-corrected chi connectivity index (χ1v) is 26.3. The van der Waals surface area contributed by atoms with Crippen LogP contribution in [0.15, 0.2) is 134 Å². The topological polar surface area (TPSA) is 78.9 Å². The van der Waals surface area contributed by atoms with Crippen molar-refractivity contribution in [2.75, 3.05) is 13.2 Å². The molecule has 0 saturated carbocycles. The SMILES string of the molecule is CC/C=C\C/C=C\C/C=C\C/C=C\CCCCCC(=O)OC(COC(=O)CCCCCCC\C=C/C=C\C=C/C=C\C=C/CCC)COC(=O)CCCCCCCCC/C=C\C/C=C\CC. The molecule has 0 saturated heterocycles. The second-order valence-corrected chi connectivity index (χ2v) is 16.8. The summed E-state index contributed by atoms with van der Waals surface area (Å²) in [5.74, 6) is -0.982. The summed E-state index contributed by atoms with van der Waals surface area (Å²) in [6.07, 6.45) is 74.3. The van der Waals surface area contributed by atoms with Crippen molar-refractivity contribution in [3.05, 3.63) is 134 Å². The average Bonchev–Trinajstić information content (AvgIpc) is 3.31. The van der Waals surface area contributed by atoms with Crippen molar-refractivity contribution < 1.29 is 28.6 Å². The third kappa shape index (κ3) is 50.5.